The Kier molecular flexibility index (Phi) is 6.38. The van der Waals surface area contributed by atoms with E-state index in [0.717, 1.165) is 15.5 Å². The molecule has 144 valence electrons. The molecule has 0 saturated heterocycles. The first kappa shape index (κ1) is 19.3. The fourth-order valence-corrected chi connectivity index (χ4v) is 3.62. The summed E-state index contributed by atoms with van der Waals surface area (Å²) in [6, 6.07) is 8.40. The number of oxime groups is 1. The minimum atomic E-state index is -0.692. The van der Waals surface area contributed by atoms with Crippen molar-refractivity contribution in [2.45, 2.75) is 18.6 Å². The second-order valence-electron chi connectivity index (χ2n) is 5.93. The fourth-order valence-electron chi connectivity index (χ4n) is 2.60. The lowest BCUT2D eigenvalue weighted by Crippen LogP contribution is -2.26. The van der Waals surface area contributed by atoms with Gasteiger partial charge in [-0.05, 0) is 30.3 Å². The van der Waals surface area contributed by atoms with Gasteiger partial charge in [0.05, 0.1) is 24.6 Å². The van der Waals surface area contributed by atoms with Gasteiger partial charge in [-0.2, -0.15) is 0 Å². The van der Waals surface area contributed by atoms with Crippen molar-refractivity contribution in [3.05, 3.63) is 41.0 Å². The minimum absolute atomic E-state index is 0.0939. The average molecular weight is 394 g/mol. The molecule has 2 atom stereocenters. The number of rotatable bonds is 9. The number of aliphatic hydroxyl groups excluding tert-OH is 2. The van der Waals surface area contributed by atoms with Gasteiger partial charge in [0.2, 0.25) is 0 Å². The van der Waals surface area contributed by atoms with Crippen molar-refractivity contribution in [3.8, 4) is 10.4 Å². The number of hydrogen-bond donors (Lipinski definition) is 3. The quantitative estimate of drug-likeness (QED) is 0.563. The standard InChI is InChI=1S/C18H19FN2O5S/c19-15-5-11(20-7-13(9-23)25-10-24)1-2-14(15)17-3-4-18(27-17)16-6-12(8-22)26-21-16/h1-5,10,12-13,20,22-23H,6-9H2. The average Bonchev–Trinajstić information content (AvgIpc) is 3.34. The van der Waals surface area contributed by atoms with Gasteiger partial charge in [-0.25, -0.2) is 4.39 Å². The molecule has 2 heterocycles. The second-order valence-corrected chi connectivity index (χ2v) is 7.01. The molecule has 7 nitrogen and oxygen atoms in total. The predicted molar refractivity (Wildman–Crippen MR) is 99.3 cm³/mol. The Morgan fingerprint density at radius 3 is 2.85 bits per heavy atom. The summed E-state index contributed by atoms with van der Waals surface area (Å²) in [5.74, 6) is -0.400. The van der Waals surface area contributed by atoms with Crippen LogP contribution in [-0.2, 0) is 14.4 Å². The van der Waals surface area contributed by atoms with Crippen LogP contribution in [0.25, 0.3) is 10.4 Å². The van der Waals surface area contributed by atoms with E-state index < -0.39 is 11.9 Å². The maximum Gasteiger partial charge on any atom is 0.293 e. The lowest BCUT2D eigenvalue weighted by atomic mass is 10.1. The predicted octanol–water partition coefficient (Wildman–Crippen LogP) is 1.99. The van der Waals surface area contributed by atoms with E-state index in [1.54, 1.807) is 12.1 Å². The van der Waals surface area contributed by atoms with Crippen molar-refractivity contribution in [1.29, 1.82) is 0 Å². The lowest BCUT2D eigenvalue weighted by Gasteiger charge is -2.14. The third kappa shape index (κ3) is 4.62. The first-order chi connectivity index (χ1) is 13.1. The monoisotopic (exact) mass is 394 g/mol. The number of hydrogen-bond acceptors (Lipinski definition) is 8. The van der Waals surface area contributed by atoms with Crippen LogP contribution in [0.15, 0.2) is 35.5 Å². The van der Waals surface area contributed by atoms with Crippen LogP contribution in [0.5, 0.6) is 0 Å². The molecule has 2 aromatic rings. The maximum absolute atomic E-state index is 14.5. The molecule has 1 aliphatic heterocycles. The highest BCUT2D eigenvalue weighted by Crippen LogP contribution is 2.33. The first-order valence-corrected chi connectivity index (χ1v) is 9.13. The minimum Gasteiger partial charge on any atom is -0.460 e. The van der Waals surface area contributed by atoms with Crippen LogP contribution in [0.3, 0.4) is 0 Å². The number of thiophene rings is 1. The van der Waals surface area contributed by atoms with E-state index in [2.05, 4.69) is 15.2 Å². The topological polar surface area (TPSA) is 100 Å². The van der Waals surface area contributed by atoms with Gasteiger partial charge in [0.1, 0.15) is 17.6 Å². The number of carbonyl (C=O) groups excluding carboxylic acids is 1. The van der Waals surface area contributed by atoms with Gasteiger partial charge in [0.15, 0.2) is 6.10 Å². The third-order valence-corrected chi connectivity index (χ3v) is 5.21. The molecule has 0 radical (unpaired) electrons. The van der Waals surface area contributed by atoms with Crippen molar-refractivity contribution in [3.63, 3.8) is 0 Å². The number of aliphatic hydroxyl groups is 2. The van der Waals surface area contributed by atoms with Crippen LogP contribution in [0.2, 0.25) is 0 Å². The normalized spacial score (nSPS) is 17.1. The van der Waals surface area contributed by atoms with Gasteiger partial charge in [-0.1, -0.05) is 5.16 Å². The zero-order valence-corrected chi connectivity index (χ0v) is 15.1. The summed E-state index contributed by atoms with van der Waals surface area (Å²) in [6.07, 6.45) is -0.489. The number of ether oxygens (including phenoxy) is 1. The molecule has 1 aliphatic rings. The van der Waals surface area contributed by atoms with Crippen LogP contribution >= 0.6 is 11.3 Å². The zero-order valence-electron chi connectivity index (χ0n) is 14.3. The Labute approximate surface area is 159 Å². The van der Waals surface area contributed by atoms with Crippen molar-refractivity contribution >= 4 is 29.2 Å². The van der Waals surface area contributed by atoms with E-state index in [0.29, 0.717) is 17.7 Å². The van der Waals surface area contributed by atoms with Gasteiger partial charge in [-0.3, -0.25) is 4.79 Å². The molecule has 0 spiro atoms. The molecule has 0 bridgehead atoms. The smallest absolute Gasteiger partial charge is 0.293 e. The highest BCUT2D eigenvalue weighted by molar-refractivity contribution is 7.17. The van der Waals surface area contributed by atoms with Gasteiger partial charge >= 0.3 is 0 Å². The number of anilines is 1. The Bertz CT molecular complexity index is 826. The third-order valence-electron chi connectivity index (χ3n) is 4.05. The van der Waals surface area contributed by atoms with Crippen molar-refractivity contribution in [2.24, 2.45) is 5.16 Å². The maximum atomic E-state index is 14.5. The molecule has 27 heavy (non-hydrogen) atoms. The molecule has 9 heteroatoms. The SMILES string of the molecule is O=COC(CO)CNc1ccc(-c2ccc(C3=NOC(CO)C3)s2)c(F)c1. The van der Waals surface area contributed by atoms with E-state index in [1.807, 2.05) is 12.1 Å². The molecule has 0 amide bonds. The first-order valence-electron chi connectivity index (χ1n) is 8.32. The van der Waals surface area contributed by atoms with Crippen LogP contribution in [0.4, 0.5) is 10.1 Å². The number of nitrogens with zero attached hydrogens (tertiary/aromatic N) is 1. The van der Waals surface area contributed by atoms with Crippen molar-refractivity contribution < 1.29 is 29.0 Å². The Hall–Kier alpha value is -2.49. The number of nitrogens with one attached hydrogen (secondary N) is 1. The molecule has 0 saturated carbocycles. The van der Waals surface area contributed by atoms with Crippen LogP contribution < -0.4 is 5.32 Å². The fraction of sp³-hybridized carbons (Fsp3) is 0.333. The van der Waals surface area contributed by atoms with Crippen LogP contribution in [0.1, 0.15) is 11.3 Å². The largest absolute Gasteiger partial charge is 0.460 e. The Morgan fingerprint density at radius 2 is 2.19 bits per heavy atom. The second kappa shape index (κ2) is 8.94. The molecular formula is C18H19FN2O5S. The van der Waals surface area contributed by atoms with Gasteiger partial charge in [0, 0.05) is 22.5 Å². The summed E-state index contributed by atoms with van der Waals surface area (Å²) < 4.78 is 19.2. The van der Waals surface area contributed by atoms with E-state index in [-0.39, 0.29) is 32.3 Å². The molecular weight excluding hydrogens is 375 g/mol. The van der Waals surface area contributed by atoms with Gasteiger partial charge < -0.3 is 25.1 Å². The van der Waals surface area contributed by atoms with Crippen molar-refractivity contribution in [2.75, 3.05) is 25.1 Å². The molecule has 1 aromatic carbocycles. The highest BCUT2D eigenvalue weighted by atomic mass is 32.1. The number of carbonyl (C=O) groups is 1. The Morgan fingerprint density at radius 1 is 1.37 bits per heavy atom. The van der Waals surface area contributed by atoms with E-state index >= 15 is 0 Å². The number of halogens is 1. The van der Waals surface area contributed by atoms with Gasteiger partial charge in [-0.15, -0.1) is 11.3 Å². The van der Waals surface area contributed by atoms with E-state index in [9.17, 15) is 9.18 Å². The van der Waals surface area contributed by atoms with Crippen molar-refractivity contribution in [1.82, 2.24) is 0 Å². The summed E-state index contributed by atoms with van der Waals surface area (Å²) >= 11 is 1.40. The molecule has 0 fully saturated rings. The highest BCUT2D eigenvalue weighted by Gasteiger charge is 2.23. The zero-order chi connectivity index (χ0) is 19.2. The summed E-state index contributed by atoms with van der Waals surface area (Å²) in [5.41, 5.74) is 1.72. The summed E-state index contributed by atoms with van der Waals surface area (Å²) in [6.45, 7) is 0.0183. The molecule has 2 unspecified atom stereocenters. The summed E-state index contributed by atoms with van der Waals surface area (Å²) in [5, 5.41) is 25.1. The van der Waals surface area contributed by atoms with Crippen LogP contribution in [0, 0.1) is 5.82 Å². The summed E-state index contributed by atoms with van der Waals surface area (Å²) in [4.78, 5) is 17.1. The Balaban J connectivity index is 1.68. The van der Waals surface area contributed by atoms with Crippen LogP contribution in [-0.4, -0.2) is 54.4 Å². The molecule has 1 aromatic heterocycles. The molecule has 3 rings (SSSR count). The lowest BCUT2D eigenvalue weighted by molar-refractivity contribution is -0.134. The molecule has 3 N–H and O–H groups in total. The molecule has 0 aliphatic carbocycles. The number of benzene rings is 1. The van der Waals surface area contributed by atoms with E-state index in [1.165, 1.54) is 17.4 Å². The van der Waals surface area contributed by atoms with Gasteiger partial charge in [0.25, 0.3) is 6.47 Å². The van der Waals surface area contributed by atoms with E-state index in [4.69, 9.17) is 15.1 Å². The summed E-state index contributed by atoms with van der Waals surface area (Å²) in [7, 11) is 0.